The zero-order valence-corrected chi connectivity index (χ0v) is 15.7. The van der Waals surface area contributed by atoms with Crippen molar-refractivity contribution >= 4 is 33.9 Å². The second kappa shape index (κ2) is 7.56. The van der Waals surface area contributed by atoms with Gasteiger partial charge in [-0.15, -0.1) is 0 Å². The molecule has 1 amide bonds. The molecular formula is C23H20N2O3. The molecule has 3 aromatic carbocycles. The summed E-state index contributed by atoms with van der Waals surface area (Å²) in [5.41, 5.74) is 3.97. The number of para-hydroxylation sites is 1. The van der Waals surface area contributed by atoms with Crippen molar-refractivity contribution in [2.45, 2.75) is 20.0 Å². The Morgan fingerprint density at radius 3 is 2.68 bits per heavy atom. The highest BCUT2D eigenvalue weighted by molar-refractivity contribution is 6.08. The normalized spacial score (nSPS) is 11.5. The second-order valence-corrected chi connectivity index (χ2v) is 6.71. The molecule has 4 rings (SSSR count). The molecule has 0 atom stereocenters. The molecule has 0 aliphatic heterocycles. The molecule has 5 nitrogen and oxygen atoms in total. The van der Waals surface area contributed by atoms with E-state index < -0.39 is 5.91 Å². The first kappa shape index (κ1) is 17.8. The Bertz CT molecular complexity index is 1170. The maximum Gasteiger partial charge on any atom is 0.307 e. The van der Waals surface area contributed by atoms with Crippen molar-refractivity contribution in [3.63, 3.8) is 0 Å². The van der Waals surface area contributed by atoms with Gasteiger partial charge in [0.1, 0.15) is 11.3 Å². The van der Waals surface area contributed by atoms with Crippen LogP contribution in [0.1, 0.15) is 30.0 Å². The van der Waals surface area contributed by atoms with Crippen LogP contribution in [-0.2, 0) is 0 Å². The Balaban J connectivity index is 1.55. The van der Waals surface area contributed by atoms with Crippen LogP contribution in [0.25, 0.3) is 21.7 Å². The van der Waals surface area contributed by atoms with E-state index in [0.29, 0.717) is 11.3 Å². The number of ether oxygens (including phenoxy) is 1. The molecule has 0 radical (unpaired) electrons. The number of carbonyl (C=O) groups is 1. The number of carbonyl (C=O) groups excluding carboxylic acids is 1. The van der Waals surface area contributed by atoms with Crippen LogP contribution in [0.5, 0.6) is 5.75 Å². The van der Waals surface area contributed by atoms with Crippen LogP contribution in [0.2, 0.25) is 0 Å². The fourth-order valence-corrected chi connectivity index (χ4v) is 3.07. The van der Waals surface area contributed by atoms with Gasteiger partial charge in [-0.2, -0.15) is 5.10 Å². The van der Waals surface area contributed by atoms with Crippen LogP contribution in [0.4, 0.5) is 0 Å². The molecule has 0 fully saturated rings. The molecule has 0 bridgehead atoms. The molecule has 1 heterocycles. The lowest BCUT2D eigenvalue weighted by molar-refractivity contribution is 0.0929. The van der Waals surface area contributed by atoms with E-state index in [-0.39, 0.29) is 11.9 Å². The predicted molar refractivity (Wildman–Crippen MR) is 111 cm³/mol. The fraction of sp³-hybridized carbons (Fsp3) is 0.130. The third kappa shape index (κ3) is 3.60. The lowest BCUT2D eigenvalue weighted by Gasteiger charge is -2.11. The minimum Gasteiger partial charge on any atom is -0.490 e. The van der Waals surface area contributed by atoms with Crippen molar-refractivity contribution in [3.8, 4) is 5.75 Å². The molecule has 0 aliphatic rings. The Labute approximate surface area is 162 Å². The van der Waals surface area contributed by atoms with Gasteiger partial charge in [-0.05, 0) is 48.9 Å². The SMILES string of the molecule is CC(C)Oc1ccccc1/C=N/NC(=O)c1cc2c(ccc3ccccc32)o1. The summed E-state index contributed by atoms with van der Waals surface area (Å²) in [6, 6.07) is 21.1. The summed E-state index contributed by atoms with van der Waals surface area (Å²) in [4.78, 5) is 12.5. The summed E-state index contributed by atoms with van der Waals surface area (Å²) in [6.45, 7) is 3.92. The van der Waals surface area contributed by atoms with Crippen LogP contribution < -0.4 is 10.2 Å². The number of amides is 1. The number of rotatable bonds is 5. The zero-order chi connectivity index (χ0) is 19.5. The van der Waals surface area contributed by atoms with Gasteiger partial charge in [-0.1, -0.05) is 42.5 Å². The number of hydrazone groups is 1. The maximum absolute atomic E-state index is 12.5. The van der Waals surface area contributed by atoms with Gasteiger partial charge in [-0.25, -0.2) is 5.43 Å². The Hall–Kier alpha value is -3.60. The van der Waals surface area contributed by atoms with Gasteiger partial charge in [0.05, 0.1) is 12.3 Å². The topological polar surface area (TPSA) is 63.8 Å². The van der Waals surface area contributed by atoms with Gasteiger partial charge in [0, 0.05) is 10.9 Å². The molecular weight excluding hydrogens is 352 g/mol. The van der Waals surface area contributed by atoms with Crippen LogP contribution >= 0.6 is 0 Å². The first-order valence-corrected chi connectivity index (χ1v) is 9.12. The smallest absolute Gasteiger partial charge is 0.307 e. The molecule has 0 unspecified atom stereocenters. The molecule has 0 saturated heterocycles. The standard InChI is InChI=1S/C23H20N2O3/c1-15(2)27-20-10-6-4-8-17(20)14-24-25-23(26)22-13-19-18-9-5-3-7-16(18)11-12-21(19)28-22/h3-15H,1-2H3,(H,25,26)/b24-14+. The molecule has 0 saturated carbocycles. The highest BCUT2D eigenvalue weighted by Crippen LogP contribution is 2.28. The molecule has 4 aromatic rings. The lowest BCUT2D eigenvalue weighted by Crippen LogP contribution is -2.17. The summed E-state index contributed by atoms with van der Waals surface area (Å²) in [5.74, 6) is 0.528. The van der Waals surface area contributed by atoms with Crippen LogP contribution in [0.3, 0.4) is 0 Å². The largest absolute Gasteiger partial charge is 0.490 e. The number of hydrogen-bond donors (Lipinski definition) is 1. The van der Waals surface area contributed by atoms with Gasteiger partial charge < -0.3 is 9.15 Å². The van der Waals surface area contributed by atoms with E-state index in [9.17, 15) is 4.79 Å². The minimum absolute atomic E-state index is 0.0505. The highest BCUT2D eigenvalue weighted by atomic mass is 16.5. The number of nitrogens with one attached hydrogen (secondary N) is 1. The van der Waals surface area contributed by atoms with Crippen LogP contribution in [0, 0.1) is 0 Å². The summed E-state index contributed by atoms with van der Waals surface area (Å²) >= 11 is 0. The van der Waals surface area contributed by atoms with E-state index in [2.05, 4.69) is 10.5 Å². The van der Waals surface area contributed by atoms with Crippen molar-refractivity contribution in [2.75, 3.05) is 0 Å². The van der Waals surface area contributed by atoms with Crippen molar-refractivity contribution in [3.05, 3.63) is 78.1 Å². The third-order valence-corrected chi connectivity index (χ3v) is 4.30. The minimum atomic E-state index is -0.404. The lowest BCUT2D eigenvalue weighted by atomic mass is 10.1. The second-order valence-electron chi connectivity index (χ2n) is 6.71. The Morgan fingerprint density at radius 2 is 1.82 bits per heavy atom. The number of fused-ring (bicyclic) bond motifs is 3. The monoisotopic (exact) mass is 372 g/mol. The first-order valence-electron chi connectivity index (χ1n) is 9.12. The van der Waals surface area contributed by atoms with Gasteiger partial charge in [-0.3, -0.25) is 4.79 Å². The predicted octanol–water partition coefficient (Wildman–Crippen LogP) is 5.14. The molecule has 5 heteroatoms. The molecule has 1 aromatic heterocycles. The average Bonchev–Trinajstić information content (AvgIpc) is 3.14. The van der Waals surface area contributed by atoms with Crippen molar-refractivity contribution < 1.29 is 13.9 Å². The van der Waals surface area contributed by atoms with E-state index in [0.717, 1.165) is 21.7 Å². The van der Waals surface area contributed by atoms with Crippen molar-refractivity contribution in [1.29, 1.82) is 0 Å². The number of hydrogen-bond acceptors (Lipinski definition) is 4. The van der Waals surface area contributed by atoms with Crippen LogP contribution in [0.15, 0.2) is 76.2 Å². The summed E-state index contributed by atoms with van der Waals surface area (Å²) in [7, 11) is 0. The van der Waals surface area contributed by atoms with Gasteiger partial charge in [0.15, 0.2) is 5.76 Å². The zero-order valence-electron chi connectivity index (χ0n) is 15.7. The fourth-order valence-electron chi connectivity index (χ4n) is 3.07. The molecule has 1 N–H and O–H groups in total. The number of furan rings is 1. The van der Waals surface area contributed by atoms with Crippen LogP contribution in [-0.4, -0.2) is 18.2 Å². The van der Waals surface area contributed by atoms with Crippen molar-refractivity contribution in [1.82, 2.24) is 5.43 Å². The van der Waals surface area contributed by atoms with Gasteiger partial charge in [0.25, 0.3) is 0 Å². The Kier molecular flexibility index (Phi) is 4.81. The van der Waals surface area contributed by atoms with Gasteiger partial charge >= 0.3 is 5.91 Å². The number of benzene rings is 3. The van der Waals surface area contributed by atoms with E-state index in [4.69, 9.17) is 9.15 Å². The van der Waals surface area contributed by atoms with E-state index in [1.807, 2.05) is 74.5 Å². The Morgan fingerprint density at radius 1 is 1.04 bits per heavy atom. The quantitative estimate of drug-likeness (QED) is 0.390. The maximum atomic E-state index is 12.5. The molecule has 28 heavy (non-hydrogen) atoms. The summed E-state index contributed by atoms with van der Waals surface area (Å²) in [5, 5.41) is 7.11. The summed E-state index contributed by atoms with van der Waals surface area (Å²) in [6.07, 6.45) is 1.61. The first-order chi connectivity index (χ1) is 13.6. The highest BCUT2D eigenvalue weighted by Gasteiger charge is 2.13. The average molecular weight is 372 g/mol. The van der Waals surface area contributed by atoms with Crippen molar-refractivity contribution in [2.24, 2.45) is 5.10 Å². The van der Waals surface area contributed by atoms with E-state index in [1.165, 1.54) is 0 Å². The molecule has 140 valence electrons. The summed E-state index contributed by atoms with van der Waals surface area (Å²) < 4.78 is 11.5. The molecule has 0 aliphatic carbocycles. The van der Waals surface area contributed by atoms with Gasteiger partial charge in [0.2, 0.25) is 0 Å². The molecule has 0 spiro atoms. The van der Waals surface area contributed by atoms with E-state index >= 15 is 0 Å². The van der Waals surface area contributed by atoms with E-state index in [1.54, 1.807) is 12.3 Å². The third-order valence-electron chi connectivity index (χ3n) is 4.30. The number of nitrogens with zero attached hydrogens (tertiary/aromatic N) is 1.